The summed E-state index contributed by atoms with van der Waals surface area (Å²) in [4.78, 5) is 16.5. The van der Waals surface area contributed by atoms with Crippen LogP contribution in [0.5, 0.6) is 0 Å². The minimum Gasteiger partial charge on any atom is -0.462 e. The third-order valence-electron chi connectivity index (χ3n) is 4.22. The lowest BCUT2D eigenvalue weighted by Gasteiger charge is -2.40. The summed E-state index contributed by atoms with van der Waals surface area (Å²) in [6.45, 7) is 8.49. The third kappa shape index (κ3) is 4.77. The molecule has 0 aromatic carbocycles. The van der Waals surface area contributed by atoms with Crippen LogP contribution in [0.3, 0.4) is 0 Å². The molecule has 110 valence electrons. The molecule has 0 atom stereocenters. The summed E-state index contributed by atoms with van der Waals surface area (Å²) in [5.74, 6) is -0.0823. The third-order valence-corrected chi connectivity index (χ3v) is 4.22. The SMILES string of the molecule is CC(C)OC(=O)CN1CCN(C2CCCCC2)CC1. The number of rotatable bonds is 4. The zero-order valence-electron chi connectivity index (χ0n) is 12.4. The van der Waals surface area contributed by atoms with Crippen molar-refractivity contribution >= 4 is 5.97 Å². The van der Waals surface area contributed by atoms with E-state index in [-0.39, 0.29) is 12.1 Å². The minimum atomic E-state index is -0.0823. The Labute approximate surface area is 117 Å². The lowest BCUT2D eigenvalue weighted by atomic mass is 9.94. The average Bonchev–Trinajstić information content (AvgIpc) is 2.39. The number of esters is 1. The fourth-order valence-electron chi connectivity index (χ4n) is 3.22. The molecule has 2 fully saturated rings. The van der Waals surface area contributed by atoms with Crippen LogP contribution in [0.1, 0.15) is 46.0 Å². The molecule has 4 heteroatoms. The first-order valence-corrected chi connectivity index (χ1v) is 7.81. The summed E-state index contributed by atoms with van der Waals surface area (Å²) >= 11 is 0. The van der Waals surface area contributed by atoms with Crippen molar-refractivity contribution in [2.45, 2.75) is 58.1 Å². The molecule has 0 aromatic heterocycles. The highest BCUT2D eigenvalue weighted by atomic mass is 16.5. The molecule has 0 unspecified atom stereocenters. The van der Waals surface area contributed by atoms with E-state index in [1.54, 1.807) is 0 Å². The lowest BCUT2D eigenvalue weighted by molar-refractivity contribution is -0.149. The second-order valence-corrected chi connectivity index (χ2v) is 6.14. The van der Waals surface area contributed by atoms with Gasteiger partial charge in [-0.3, -0.25) is 14.6 Å². The van der Waals surface area contributed by atoms with Gasteiger partial charge in [0.05, 0.1) is 12.6 Å². The summed E-state index contributed by atoms with van der Waals surface area (Å²) in [6.07, 6.45) is 6.94. The fraction of sp³-hybridized carbons (Fsp3) is 0.933. The maximum atomic E-state index is 11.6. The second kappa shape index (κ2) is 7.25. The molecule has 2 rings (SSSR count). The quantitative estimate of drug-likeness (QED) is 0.729. The summed E-state index contributed by atoms with van der Waals surface area (Å²) in [7, 11) is 0. The summed E-state index contributed by atoms with van der Waals surface area (Å²) < 4.78 is 5.20. The average molecular weight is 268 g/mol. The number of hydrogen-bond acceptors (Lipinski definition) is 4. The van der Waals surface area contributed by atoms with Crippen LogP contribution >= 0.6 is 0 Å². The van der Waals surface area contributed by atoms with E-state index < -0.39 is 0 Å². The Morgan fingerprint density at radius 3 is 2.32 bits per heavy atom. The normalized spacial score (nSPS) is 23.7. The summed E-state index contributed by atoms with van der Waals surface area (Å²) in [6, 6.07) is 0.804. The molecule has 0 radical (unpaired) electrons. The van der Waals surface area contributed by atoms with Crippen molar-refractivity contribution < 1.29 is 9.53 Å². The Bertz CT molecular complexity index is 280. The van der Waals surface area contributed by atoms with Crippen molar-refractivity contribution in [1.29, 1.82) is 0 Å². The monoisotopic (exact) mass is 268 g/mol. The van der Waals surface area contributed by atoms with Gasteiger partial charge in [-0.1, -0.05) is 19.3 Å². The molecule has 0 aromatic rings. The van der Waals surface area contributed by atoms with Crippen molar-refractivity contribution in [3.8, 4) is 0 Å². The van der Waals surface area contributed by atoms with Gasteiger partial charge in [0.15, 0.2) is 0 Å². The van der Waals surface area contributed by atoms with Crippen molar-refractivity contribution in [3.63, 3.8) is 0 Å². The van der Waals surface area contributed by atoms with E-state index >= 15 is 0 Å². The zero-order chi connectivity index (χ0) is 13.7. The molecule has 0 bridgehead atoms. The van der Waals surface area contributed by atoms with Crippen LogP contribution in [0.15, 0.2) is 0 Å². The van der Waals surface area contributed by atoms with Gasteiger partial charge >= 0.3 is 5.97 Å². The van der Waals surface area contributed by atoms with E-state index in [2.05, 4.69) is 9.80 Å². The fourth-order valence-corrected chi connectivity index (χ4v) is 3.22. The predicted molar refractivity (Wildman–Crippen MR) is 76.1 cm³/mol. The predicted octanol–water partition coefficient (Wildman–Crippen LogP) is 1.89. The van der Waals surface area contributed by atoms with E-state index in [0.29, 0.717) is 6.54 Å². The first-order valence-electron chi connectivity index (χ1n) is 7.81. The van der Waals surface area contributed by atoms with Gasteiger partial charge in [0.25, 0.3) is 0 Å². The molecule has 0 amide bonds. The number of carbonyl (C=O) groups is 1. The van der Waals surface area contributed by atoms with Gasteiger partial charge < -0.3 is 4.74 Å². The lowest BCUT2D eigenvalue weighted by Crippen LogP contribution is -2.51. The summed E-state index contributed by atoms with van der Waals surface area (Å²) in [5, 5.41) is 0. The minimum absolute atomic E-state index is 0.00368. The van der Waals surface area contributed by atoms with E-state index in [4.69, 9.17) is 4.74 Å². The zero-order valence-corrected chi connectivity index (χ0v) is 12.4. The topological polar surface area (TPSA) is 32.8 Å². The first-order chi connectivity index (χ1) is 9.15. The molecule has 1 heterocycles. The van der Waals surface area contributed by atoms with E-state index in [9.17, 15) is 4.79 Å². The Balaban J connectivity index is 1.68. The molecular formula is C15H28N2O2. The number of carbonyl (C=O) groups excluding carboxylic acids is 1. The molecule has 1 aliphatic carbocycles. The van der Waals surface area contributed by atoms with E-state index in [1.807, 2.05) is 13.8 Å². The van der Waals surface area contributed by atoms with Crippen LogP contribution in [-0.2, 0) is 9.53 Å². The van der Waals surface area contributed by atoms with Crippen LogP contribution < -0.4 is 0 Å². The molecule has 19 heavy (non-hydrogen) atoms. The van der Waals surface area contributed by atoms with Gasteiger partial charge in [-0.2, -0.15) is 0 Å². The van der Waals surface area contributed by atoms with Crippen LogP contribution in [0.25, 0.3) is 0 Å². The number of hydrogen-bond donors (Lipinski definition) is 0. The van der Waals surface area contributed by atoms with Gasteiger partial charge in [-0.05, 0) is 26.7 Å². The molecule has 0 N–H and O–H groups in total. The van der Waals surface area contributed by atoms with Crippen molar-refractivity contribution in [3.05, 3.63) is 0 Å². The molecule has 4 nitrogen and oxygen atoms in total. The molecular weight excluding hydrogens is 240 g/mol. The molecule has 2 aliphatic rings. The highest BCUT2D eigenvalue weighted by Gasteiger charge is 2.26. The van der Waals surface area contributed by atoms with Crippen molar-refractivity contribution in [1.82, 2.24) is 9.80 Å². The van der Waals surface area contributed by atoms with E-state index in [0.717, 1.165) is 32.2 Å². The molecule has 1 saturated heterocycles. The number of piperazine rings is 1. The van der Waals surface area contributed by atoms with Crippen LogP contribution in [0, 0.1) is 0 Å². The van der Waals surface area contributed by atoms with Gasteiger partial charge in [0.1, 0.15) is 0 Å². The van der Waals surface area contributed by atoms with Crippen molar-refractivity contribution in [2.24, 2.45) is 0 Å². The van der Waals surface area contributed by atoms with Crippen LogP contribution in [-0.4, -0.2) is 60.6 Å². The van der Waals surface area contributed by atoms with Gasteiger partial charge in [0, 0.05) is 32.2 Å². The Kier molecular flexibility index (Phi) is 5.64. The van der Waals surface area contributed by atoms with Crippen LogP contribution in [0.2, 0.25) is 0 Å². The first kappa shape index (κ1) is 14.8. The Morgan fingerprint density at radius 2 is 1.74 bits per heavy atom. The van der Waals surface area contributed by atoms with Gasteiger partial charge in [0.2, 0.25) is 0 Å². The molecule has 1 saturated carbocycles. The van der Waals surface area contributed by atoms with Gasteiger partial charge in [-0.15, -0.1) is 0 Å². The van der Waals surface area contributed by atoms with E-state index in [1.165, 1.54) is 32.1 Å². The number of ether oxygens (including phenoxy) is 1. The molecule has 1 aliphatic heterocycles. The maximum absolute atomic E-state index is 11.6. The largest absolute Gasteiger partial charge is 0.462 e. The van der Waals surface area contributed by atoms with Crippen molar-refractivity contribution in [2.75, 3.05) is 32.7 Å². The highest BCUT2D eigenvalue weighted by molar-refractivity contribution is 5.71. The Morgan fingerprint density at radius 1 is 1.11 bits per heavy atom. The summed E-state index contributed by atoms with van der Waals surface area (Å²) in [5.41, 5.74) is 0. The van der Waals surface area contributed by atoms with Crippen LogP contribution in [0.4, 0.5) is 0 Å². The Hall–Kier alpha value is -0.610. The standard InChI is InChI=1S/C15H28N2O2/c1-13(2)19-15(18)12-16-8-10-17(11-9-16)14-6-4-3-5-7-14/h13-14H,3-12H2,1-2H3. The molecule has 0 spiro atoms. The second-order valence-electron chi connectivity index (χ2n) is 6.14. The maximum Gasteiger partial charge on any atom is 0.320 e. The smallest absolute Gasteiger partial charge is 0.320 e. The highest BCUT2D eigenvalue weighted by Crippen LogP contribution is 2.23. The number of nitrogens with zero attached hydrogens (tertiary/aromatic N) is 2. The van der Waals surface area contributed by atoms with Gasteiger partial charge in [-0.25, -0.2) is 0 Å².